The van der Waals surface area contributed by atoms with Gasteiger partial charge in [-0.1, -0.05) is 12.8 Å². The van der Waals surface area contributed by atoms with Crippen LogP contribution < -0.4 is 10.2 Å². The molecule has 22 heavy (non-hydrogen) atoms. The summed E-state index contributed by atoms with van der Waals surface area (Å²) in [4.78, 5) is 19.0. The van der Waals surface area contributed by atoms with Crippen LogP contribution in [0.5, 0.6) is 0 Å². The number of rotatable bonds is 3. The molecule has 0 atom stereocenters. The third kappa shape index (κ3) is 2.42. The largest absolute Gasteiger partial charge is 0.355 e. The molecule has 0 bridgehead atoms. The van der Waals surface area contributed by atoms with Crippen molar-refractivity contribution in [2.45, 2.75) is 44.6 Å². The van der Waals surface area contributed by atoms with E-state index in [4.69, 9.17) is 0 Å². The van der Waals surface area contributed by atoms with Crippen LogP contribution in [-0.4, -0.2) is 39.6 Å². The summed E-state index contributed by atoms with van der Waals surface area (Å²) < 4.78 is 1.68. The minimum Gasteiger partial charge on any atom is -0.355 e. The van der Waals surface area contributed by atoms with Crippen molar-refractivity contribution in [3.63, 3.8) is 0 Å². The van der Waals surface area contributed by atoms with Gasteiger partial charge in [-0.2, -0.15) is 0 Å². The lowest BCUT2D eigenvalue weighted by atomic mass is 10.2. The van der Waals surface area contributed by atoms with Crippen LogP contribution in [0.2, 0.25) is 0 Å². The third-order valence-electron chi connectivity index (χ3n) is 4.70. The van der Waals surface area contributed by atoms with Crippen LogP contribution in [0.15, 0.2) is 18.3 Å². The maximum absolute atomic E-state index is 12.5. The van der Waals surface area contributed by atoms with E-state index in [0.717, 1.165) is 37.4 Å². The molecule has 1 aliphatic carbocycles. The van der Waals surface area contributed by atoms with Crippen LogP contribution in [0, 0.1) is 0 Å². The Labute approximate surface area is 129 Å². The molecule has 4 rings (SSSR count). The van der Waals surface area contributed by atoms with Gasteiger partial charge in [0.2, 0.25) is 0 Å². The van der Waals surface area contributed by atoms with Crippen LogP contribution in [0.3, 0.4) is 0 Å². The van der Waals surface area contributed by atoms with E-state index < -0.39 is 0 Å². The predicted octanol–water partition coefficient (Wildman–Crippen LogP) is 2.00. The average Bonchev–Trinajstić information content (AvgIpc) is 3.27. The van der Waals surface area contributed by atoms with Crippen LogP contribution in [-0.2, 0) is 0 Å². The minimum absolute atomic E-state index is 0.0644. The molecule has 2 aromatic rings. The molecule has 0 aromatic carbocycles. The summed E-state index contributed by atoms with van der Waals surface area (Å²) in [6, 6.07) is 4.24. The summed E-state index contributed by atoms with van der Waals surface area (Å²) in [6.07, 6.45) is 8.60. The van der Waals surface area contributed by atoms with Crippen molar-refractivity contribution < 1.29 is 4.79 Å². The average molecular weight is 299 g/mol. The van der Waals surface area contributed by atoms with E-state index in [1.807, 2.05) is 12.1 Å². The quantitative estimate of drug-likeness (QED) is 0.941. The highest BCUT2D eigenvalue weighted by molar-refractivity contribution is 5.93. The van der Waals surface area contributed by atoms with Gasteiger partial charge in [0, 0.05) is 19.1 Å². The van der Waals surface area contributed by atoms with Crippen LogP contribution in [0.25, 0.3) is 5.65 Å². The first kappa shape index (κ1) is 13.5. The Balaban J connectivity index is 1.62. The summed E-state index contributed by atoms with van der Waals surface area (Å²) in [5.74, 6) is 0.864. The number of hydrogen-bond acceptors (Lipinski definition) is 4. The molecule has 2 aromatic heterocycles. The van der Waals surface area contributed by atoms with E-state index in [1.54, 1.807) is 10.7 Å². The van der Waals surface area contributed by atoms with Gasteiger partial charge in [0.05, 0.1) is 6.20 Å². The van der Waals surface area contributed by atoms with Gasteiger partial charge in [-0.25, -0.2) is 9.50 Å². The Morgan fingerprint density at radius 2 is 1.91 bits per heavy atom. The summed E-state index contributed by atoms with van der Waals surface area (Å²) in [5.41, 5.74) is 1.25. The molecule has 1 amide bonds. The fourth-order valence-corrected chi connectivity index (χ4v) is 3.46. The summed E-state index contributed by atoms with van der Waals surface area (Å²) in [5, 5.41) is 7.74. The van der Waals surface area contributed by atoms with Crippen molar-refractivity contribution in [1.29, 1.82) is 0 Å². The number of amides is 1. The van der Waals surface area contributed by atoms with Crippen LogP contribution >= 0.6 is 0 Å². The molecule has 2 aliphatic rings. The van der Waals surface area contributed by atoms with Gasteiger partial charge in [-0.3, -0.25) is 4.79 Å². The van der Waals surface area contributed by atoms with Crippen LogP contribution in [0.1, 0.15) is 49.0 Å². The molecule has 1 N–H and O–H groups in total. The zero-order valence-electron chi connectivity index (χ0n) is 12.7. The first-order chi connectivity index (χ1) is 10.8. The molecule has 0 radical (unpaired) electrons. The van der Waals surface area contributed by atoms with Crippen molar-refractivity contribution >= 4 is 17.4 Å². The number of nitrogens with one attached hydrogen (secondary N) is 1. The van der Waals surface area contributed by atoms with Gasteiger partial charge in [-0.15, -0.1) is 5.10 Å². The Morgan fingerprint density at radius 3 is 2.68 bits per heavy atom. The van der Waals surface area contributed by atoms with Gasteiger partial charge in [0.15, 0.2) is 11.3 Å². The highest BCUT2D eigenvalue weighted by Gasteiger charge is 2.21. The zero-order valence-corrected chi connectivity index (χ0v) is 12.7. The minimum atomic E-state index is -0.0644. The van der Waals surface area contributed by atoms with Gasteiger partial charge in [-0.05, 0) is 37.8 Å². The Bertz CT molecular complexity index is 683. The number of carbonyl (C=O) groups is 1. The lowest BCUT2D eigenvalue weighted by Crippen LogP contribution is -2.33. The van der Waals surface area contributed by atoms with E-state index in [0.29, 0.717) is 11.7 Å². The molecule has 1 saturated heterocycles. The number of anilines is 1. The first-order valence-electron chi connectivity index (χ1n) is 8.22. The zero-order chi connectivity index (χ0) is 14.9. The van der Waals surface area contributed by atoms with E-state index in [1.165, 1.54) is 25.7 Å². The van der Waals surface area contributed by atoms with E-state index in [-0.39, 0.29) is 5.91 Å². The molecule has 116 valence electrons. The Hall–Kier alpha value is -2.11. The molecule has 0 spiro atoms. The normalized spacial score (nSPS) is 19.2. The number of carbonyl (C=O) groups excluding carboxylic acids is 1. The maximum atomic E-state index is 12.5. The first-order valence-corrected chi connectivity index (χ1v) is 8.22. The molecule has 2 fully saturated rings. The fourth-order valence-electron chi connectivity index (χ4n) is 3.46. The summed E-state index contributed by atoms with van der Waals surface area (Å²) in [6.45, 7) is 2.08. The standard InChI is InChI=1S/C16H21N5O/c22-16(18-12-5-1-2-6-12)13-11-17-14-7-8-15(19-21(13)14)20-9-3-4-10-20/h7-8,11-12H,1-6,9-10H2,(H,18,22). The van der Waals surface area contributed by atoms with Crippen molar-refractivity contribution in [2.24, 2.45) is 0 Å². The topological polar surface area (TPSA) is 62.5 Å². The van der Waals surface area contributed by atoms with Gasteiger partial charge < -0.3 is 10.2 Å². The lowest BCUT2D eigenvalue weighted by Gasteiger charge is -2.16. The van der Waals surface area contributed by atoms with Crippen molar-refractivity contribution in [3.8, 4) is 0 Å². The second-order valence-electron chi connectivity index (χ2n) is 6.25. The Kier molecular flexibility index (Phi) is 3.44. The van der Waals surface area contributed by atoms with Crippen molar-refractivity contribution in [2.75, 3.05) is 18.0 Å². The third-order valence-corrected chi connectivity index (χ3v) is 4.70. The number of fused-ring (bicyclic) bond motifs is 1. The highest BCUT2D eigenvalue weighted by Crippen LogP contribution is 2.20. The highest BCUT2D eigenvalue weighted by atomic mass is 16.2. The molecule has 6 nitrogen and oxygen atoms in total. The summed E-state index contributed by atoms with van der Waals surface area (Å²) >= 11 is 0. The van der Waals surface area contributed by atoms with Gasteiger partial charge in [0.25, 0.3) is 5.91 Å². The van der Waals surface area contributed by atoms with E-state index in [9.17, 15) is 4.79 Å². The van der Waals surface area contributed by atoms with Crippen LogP contribution in [0.4, 0.5) is 5.82 Å². The molecule has 0 unspecified atom stereocenters. The molecule has 6 heteroatoms. The fraction of sp³-hybridized carbons (Fsp3) is 0.562. The summed E-state index contributed by atoms with van der Waals surface area (Å²) in [7, 11) is 0. The SMILES string of the molecule is O=C(NC1CCCC1)c1cnc2ccc(N3CCCC3)nn12. The van der Waals surface area contributed by atoms with Crippen molar-refractivity contribution in [1.82, 2.24) is 19.9 Å². The van der Waals surface area contributed by atoms with E-state index >= 15 is 0 Å². The van der Waals surface area contributed by atoms with Gasteiger partial charge in [0.1, 0.15) is 5.82 Å². The molecule has 1 saturated carbocycles. The number of imidazole rings is 1. The predicted molar refractivity (Wildman–Crippen MR) is 84.2 cm³/mol. The molecular weight excluding hydrogens is 278 g/mol. The van der Waals surface area contributed by atoms with Crippen molar-refractivity contribution in [3.05, 3.63) is 24.0 Å². The number of aromatic nitrogens is 3. The maximum Gasteiger partial charge on any atom is 0.271 e. The number of hydrogen-bond donors (Lipinski definition) is 1. The second-order valence-corrected chi connectivity index (χ2v) is 6.25. The monoisotopic (exact) mass is 299 g/mol. The Morgan fingerprint density at radius 1 is 1.14 bits per heavy atom. The van der Waals surface area contributed by atoms with E-state index in [2.05, 4.69) is 20.3 Å². The second kappa shape index (κ2) is 5.59. The molecule has 3 heterocycles. The molecule has 1 aliphatic heterocycles. The smallest absolute Gasteiger partial charge is 0.271 e. The molecular formula is C16H21N5O. The van der Waals surface area contributed by atoms with Gasteiger partial charge >= 0.3 is 0 Å². The number of nitrogens with zero attached hydrogens (tertiary/aromatic N) is 4. The lowest BCUT2D eigenvalue weighted by molar-refractivity contribution is 0.0931.